The SMILES string of the molecule is CCOC(=O)c1cnn2c(-c3cc(F)cc(F)c3)c(C)nc2c1C(C)C.CCOC(=O)c1cnn2c(Br)c(C)nc2c1C(C)C.OB(O)c1cc(F)cc(F)c1. The number of halogens is 5. The molecule has 0 aliphatic carbocycles. The summed E-state index contributed by atoms with van der Waals surface area (Å²) in [5.41, 5.74) is 5.58. The molecule has 4 heterocycles. The van der Waals surface area contributed by atoms with Crippen molar-refractivity contribution < 1.29 is 46.7 Å². The molecule has 0 saturated carbocycles. The molecule has 296 valence electrons. The van der Waals surface area contributed by atoms with Gasteiger partial charge in [-0.15, -0.1) is 0 Å². The smallest absolute Gasteiger partial charge is 0.462 e. The van der Waals surface area contributed by atoms with E-state index < -0.39 is 36.4 Å². The first-order chi connectivity index (χ1) is 26.4. The Hall–Kier alpha value is -5.20. The number of benzene rings is 2. The van der Waals surface area contributed by atoms with Gasteiger partial charge < -0.3 is 19.5 Å². The standard InChI is InChI=1S/C19H19F2N3O2.C13H16BrN3O2.C6H5BF2O2/c1-5-26-19(25)15-9-22-24-17(12-6-13(20)8-14(21)7-12)11(4)23-18(24)16(15)10(2)3;1-5-19-13(18)9-6-15-17-11(14)8(4)16-12(17)10(9)7(2)3;8-5-1-4(7(10)11)2-6(9)3-5/h6-10H,5H2,1-4H3;6-7H,5H2,1-4H3;1-3,10-11H. The van der Waals surface area contributed by atoms with E-state index in [2.05, 4.69) is 36.1 Å². The molecule has 0 aliphatic heterocycles. The first kappa shape index (κ1) is 43.5. The minimum atomic E-state index is -1.83. The molecule has 12 nitrogen and oxygen atoms in total. The number of rotatable bonds is 8. The maximum Gasteiger partial charge on any atom is 0.488 e. The Morgan fingerprint density at radius 2 is 1.12 bits per heavy atom. The number of carbonyl (C=O) groups excluding carboxylic acids is 2. The summed E-state index contributed by atoms with van der Waals surface area (Å²) in [6, 6.07) is 5.65. The Labute approximate surface area is 328 Å². The maximum absolute atomic E-state index is 13.7. The molecule has 0 bridgehead atoms. The van der Waals surface area contributed by atoms with Crippen LogP contribution in [0, 0.1) is 37.1 Å². The van der Waals surface area contributed by atoms with Gasteiger partial charge in [-0.2, -0.15) is 10.2 Å². The lowest BCUT2D eigenvalue weighted by Gasteiger charge is -2.13. The molecular weight excluding hydrogens is 803 g/mol. The molecule has 18 heteroatoms. The molecule has 0 amide bonds. The van der Waals surface area contributed by atoms with Gasteiger partial charge in [-0.1, -0.05) is 27.7 Å². The molecule has 0 spiro atoms. The molecule has 6 rings (SSSR count). The van der Waals surface area contributed by atoms with E-state index in [-0.39, 0.29) is 29.9 Å². The van der Waals surface area contributed by atoms with Gasteiger partial charge in [-0.05, 0) is 85.2 Å². The first-order valence-electron chi connectivity index (χ1n) is 17.4. The summed E-state index contributed by atoms with van der Waals surface area (Å²) >= 11 is 3.45. The predicted molar refractivity (Wildman–Crippen MR) is 205 cm³/mol. The van der Waals surface area contributed by atoms with Gasteiger partial charge in [-0.25, -0.2) is 46.1 Å². The lowest BCUT2D eigenvalue weighted by Crippen LogP contribution is -2.30. The van der Waals surface area contributed by atoms with Gasteiger partial charge >= 0.3 is 19.1 Å². The lowest BCUT2D eigenvalue weighted by atomic mass is 9.80. The monoisotopic (exact) mass is 842 g/mol. The van der Waals surface area contributed by atoms with Gasteiger partial charge in [0.05, 0.1) is 53.8 Å². The number of ether oxygens (including phenoxy) is 2. The number of esters is 2. The van der Waals surface area contributed by atoms with Crippen molar-refractivity contribution in [2.75, 3.05) is 13.2 Å². The summed E-state index contributed by atoms with van der Waals surface area (Å²) in [5.74, 6) is -3.70. The van der Waals surface area contributed by atoms with Crippen LogP contribution in [0.5, 0.6) is 0 Å². The maximum atomic E-state index is 13.7. The Bertz CT molecular complexity index is 2350. The van der Waals surface area contributed by atoms with Gasteiger partial charge in [0.25, 0.3) is 0 Å². The fourth-order valence-electron chi connectivity index (χ4n) is 5.82. The van der Waals surface area contributed by atoms with Gasteiger partial charge in [0.15, 0.2) is 11.3 Å². The molecule has 0 fully saturated rings. The summed E-state index contributed by atoms with van der Waals surface area (Å²) in [7, 11) is -1.83. The molecule has 0 radical (unpaired) electrons. The normalized spacial score (nSPS) is 11.0. The van der Waals surface area contributed by atoms with Crippen molar-refractivity contribution in [1.29, 1.82) is 0 Å². The van der Waals surface area contributed by atoms with Crippen LogP contribution < -0.4 is 5.46 Å². The Balaban J connectivity index is 0.000000203. The Morgan fingerprint density at radius 1 is 0.714 bits per heavy atom. The van der Waals surface area contributed by atoms with Crippen molar-refractivity contribution in [3.05, 3.63) is 110 Å². The molecule has 56 heavy (non-hydrogen) atoms. The van der Waals surface area contributed by atoms with Gasteiger partial charge in [0, 0.05) is 28.8 Å². The fourth-order valence-corrected chi connectivity index (χ4v) is 6.17. The third-order valence-corrected chi connectivity index (χ3v) is 9.03. The van der Waals surface area contributed by atoms with E-state index in [0.29, 0.717) is 57.6 Å². The zero-order valence-electron chi connectivity index (χ0n) is 31.9. The molecule has 6 aromatic rings. The van der Waals surface area contributed by atoms with E-state index in [1.807, 2.05) is 34.6 Å². The highest BCUT2D eigenvalue weighted by molar-refractivity contribution is 9.10. The van der Waals surface area contributed by atoms with Crippen molar-refractivity contribution in [2.45, 2.75) is 67.2 Å². The quantitative estimate of drug-likeness (QED) is 0.0928. The van der Waals surface area contributed by atoms with Crippen molar-refractivity contribution in [2.24, 2.45) is 0 Å². The number of aryl methyl sites for hydroxylation is 2. The Morgan fingerprint density at radius 3 is 1.55 bits per heavy atom. The number of hydrogen-bond acceptors (Lipinski definition) is 10. The largest absolute Gasteiger partial charge is 0.488 e. The highest BCUT2D eigenvalue weighted by atomic mass is 79.9. The zero-order chi connectivity index (χ0) is 41.6. The molecular formula is C38H40BBrF4N6O6. The summed E-state index contributed by atoms with van der Waals surface area (Å²) in [6.45, 7) is 15.7. The van der Waals surface area contributed by atoms with Gasteiger partial charge in [0.1, 0.15) is 27.9 Å². The summed E-state index contributed by atoms with van der Waals surface area (Å²) in [5, 5.41) is 25.5. The van der Waals surface area contributed by atoms with Crippen LogP contribution in [0.2, 0.25) is 0 Å². The second-order valence-electron chi connectivity index (χ2n) is 12.9. The third kappa shape index (κ3) is 9.78. The van der Waals surface area contributed by atoms with E-state index in [0.717, 1.165) is 34.1 Å². The van der Waals surface area contributed by atoms with Gasteiger partial charge in [-0.3, -0.25) is 0 Å². The fraction of sp³-hybridized carbons (Fsp3) is 0.316. The molecule has 2 aromatic carbocycles. The first-order valence-corrected chi connectivity index (χ1v) is 18.2. The van der Waals surface area contributed by atoms with Crippen LogP contribution in [0.15, 0.2) is 53.4 Å². The third-order valence-electron chi connectivity index (χ3n) is 8.12. The number of imidazole rings is 2. The number of hydrogen-bond donors (Lipinski definition) is 2. The highest BCUT2D eigenvalue weighted by Gasteiger charge is 2.25. The number of aromatic nitrogens is 6. The zero-order valence-corrected chi connectivity index (χ0v) is 33.5. The van der Waals surface area contributed by atoms with Crippen LogP contribution in [0.25, 0.3) is 22.6 Å². The molecule has 0 atom stereocenters. The molecule has 4 aromatic heterocycles. The molecule has 0 saturated heterocycles. The van der Waals surface area contributed by atoms with Crippen molar-refractivity contribution in [3.63, 3.8) is 0 Å². The van der Waals surface area contributed by atoms with E-state index in [1.165, 1.54) is 22.8 Å². The van der Waals surface area contributed by atoms with E-state index in [9.17, 15) is 27.2 Å². The molecule has 2 N–H and O–H groups in total. The minimum Gasteiger partial charge on any atom is -0.462 e. The van der Waals surface area contributed by atoms with Crippen LogP contribution >= 0.6 is 15.9 Å². The average molecular weight is 843 g/mol. The number of carbonyl (C=O) groups is 2. The van der Waals surface area contributed by atoms with Crippen LogP contribution in [0.3, 0.4) is 0 Å². The van der Waals surface area contributed by atoms with Crippen molar-refractivity contribution in [1.82, 2.24) is 29.2 Å². The summed E-state index contributed by atoms with van der Waals surface area (Å²) in [4.78, 5) is 33.3. The van der Waals surface area contributed by atoms with Crippen LogP contribution in [0.1, 0.15) is 96.6 Å². The van der Waals surface area contributed by atoms with Crippen molar-refractivity contribution >= 4 is 51.7 Å². The van der Waals surface area contributed by atoms with Crippen LogP contribution in [0.4, 0.5) is 17.6 Å². The molecule has 0 unspecified atom stereocenters. The number of fused-ring (bicyclic) bond motifs is 2. The van der Waals surface area contributed by atoms with E-state index >= 15 is 0 Å². The summed E-state index contributed by atoms with van der Waals surface area (Å²) < 4.78 is 66.2. The topological polar surface area (TPSA) is 153 Å². The van der Waals surface area contributed by atoms with Crippen molar-refractivity contribution in [3.8, 4) is 11.3 Å². The minimum absolute atomic E-state index is 0.0289. The predicted octanol–water partition coefficient (Wildman–Crippen LogP) is 7.03. The van der Waals surface area contributed by atoms with Crippen LogP contribution in [-0.4, -0.2) is 71.5 Å². The second-order valence-corrected chi connectivity index (χ2v) is 13.7. The average Bonchev–Trinajstić information content (AvgIpc) is 3.60. The lowest BCUT2D eigenvalue weighted by molar-refractivity contribution is 0.0514. The Kier molecular flexibility index (Phi) is 14.5. The summed E-state index contributed by atoms with van der Waals surface area (Å²) in [6.07, 6.45) is 2.97. The molecule has 0 aliphatic rings. The van der Waals surface area contributed by atoms with E-state index in [4.69, 9.17) is 19.5 Å². The number of nitrogens with zero attached hydrogens (tertiary/aromatic N) is 6. The highest BCUT2D eigenvalue weighted by Crippen LogP contribution is 2.31. The second kappa shape index (κ2) is 18.6. The van der Waals surface area contributed by atoms with E-state index in [1.54, 1.807) is 31.5 Å². The van der Waals surface area contributed by atoms with Gasteiger partial charge in [0.2, 0.25) is 0 Å². The van der Waals surface area contributed by atoms with Crippen LogP contribution in [-0.2, 0) is 9.47 Å².